The van der Waals surface area contributed by atoms with E-state index in [1.807, 2.05) is 16.0 Å². The molecule has 2 aromatic heterocycles. The number of nitrogens with zero attached hydrogens (tertiary/aromatic N) is 2. The second-order valence-corrected chi connectivity index (χ2v) is 4.28. The molecule has 2 heterocycles. The molecule has 1 aromatic carbocycles. The lowest BCUT2D eigenvalue weighted by Gasteiger charge is -1.94. The first kappa shape index (κ1) is 9.35. The third kappa shape index (κ3) is 1.37. The first-order valence-electron chi connectivity index (χ1n) is 4.72. The van der Waals surface area contributed by atoms with E-state index in [0.29, 0.717) is 5.82 Å². The first-order chi connectivity index (χ1) is 7.74. The van der Waals surface area contributed by atoms with Crippen molar-refractivity contribution in [3.63, 3.8) is 0 Å². The second-order valence-electron chi connectivity index (χ2n) is 3.45. The zero-order valence-electron chi connectivity index (χ0n) is 8.22. The summed E-state index contributed by atoms with van der Waals surface area (Å²) in [7, 11) is 0. The van der Waals surface area contributed by atoms with Crippen LogP contribution in [-0.4, -0.2) is 9.38 Å². The fourth-order valence-corrected chi connectivity index (χ4v) is 2.32. The number of nitrogen functional groups attached to an aromatic ring is 1. The summed E-state index contributed by atoms with van der Waals surface area (Å²) in [5.41, 5.74) is 7.46. The van der Waals surface area contributed by atoms with E-state index in [1.165, 1.54) is 23.5 Å². The van der Waals surface area contributed by atoms with Crippen LogP contribution < -0.4 is 5.73 Å². The number of halogens is 1. The molecule has 0 radical (unpaired) electrons. The van der Waals surface area contributed by atoms with Gasteiger partial charge in [0.15, 0.2) is 4.96 Å². The summed E-state index contributed by atoms with van der Waals surface area (Å²) in [4.78, 5) is 5.26. The van der Waals surface area contributed by atoms with Crippen LogP contribution in [0.25, 0.3) is 16.2 Å². The molecule has 0 amide bonds. The molecule has 3 aromatic rings. The molecular weight excluding hydrogens is 225 g/mol. The van der Waals surface area contributed by atoms with Crippen molar-refractivity contribution in [2.75, 3.05) is 5.73 Å². The fourth-order valence-electron chi connectivity index (χ4n) is 1.56. The maximum atomic E-state index is 12.8. The number of thiazole rings is 1. The molecule has 0 aliphatic heterocycles. The lowest BCUT2D eigenvalue weighted by atomic mass is 10.2. The van der Waals surface area contributed by atoms with Crippen LogP contribution >= 0.6 is 11.3 Å². The Bertz CT molecular complexity index is 639. The number of hydrogen-bond acceptors (Lipinski definition) is 3. The molecule has 0 aliphatic carbocycles. The van der Waals surface area contributed by atoms with Gasteiger partial charge in [0.25, 0.3) is 0 Å². The van der Waals surface area contributed by atoms with E-state index in [-0.39, 0.29) is 5.82 Å². The molecule has 16 heavy (non-hydrogen) atoms. The molecule has 0 fully saturated rings. The van der Waals surface area contributed by atoms with Gasteiger partial charge in [-0.25, -0.2) is 9.37 Å². The quantitative estimate of drug-likeness (QED) is 0.702. The molecular formula is C11H8FN3S. The molecule has 80 valence electrons. The second kappa shape index (κ2) is 3.31. The molecule has 0 unspecified atom stereocenters. The molecule has 0 saturated carbocycles. The molecule has 3 rings (SSSR count). The van der Waals surface area contributed by atoms with E-state index in [9.17, 15) is 4.39 Å². The third-order valence-electron chi connectivity index (χ3n) is 2.38. The minimum atomic E-state index is -0.246. The lowest BCUT2D eigenvalue weighted by Crippen LogP contribution is -1.87. The number of hydrogen-bond donors (Lipinski definition) is 1. The highest BCUT2D eigenvalue weighted by atomic mass is 32.1. The summed E-state index contributed by atoms with van der Waals surface area (Å²) < 4.78 is 14.6. The maximum Gasteiger partial charge on any atom is 0.195 e. The van der Waals surface area contributed by atoms with Crippen molar-refractivity contribution in [1.29, 1.82) is 0 Å². The van der Waals surface area contributed by atoms with Gasteiger partial charge in [-0.2, -0.15) is 0 Å². The van der Waals surface area contributed by atoms with Crippen molar-refractivity contribution in [2.24, 2.45) is 0 Å². The molecule has 5 heteroatoms. The van der Waals surface area contributed by atoms with Gasteiger partial charge in [-0.3, -0.25) is 4.40 Å². The Morgan fingerprint density at radius 1 is 1.25 bits per heavy atom. The zero-order valence-corrected chi connectivity index (χ0v) is 9.04. The van der Waals surface area contributed by atoms with Crippen LogP contribution in [0.1, 0.15) is 0 Å². The summed E-state index contributed by atoms with van der Waals surface area (Å²) in [6.45, 7) is 0. The van der Waals surface area contributed by atoms with E-state index in [4.69, 9.17) is 5.73 Å². The number of benzene rings is 1. The van der Waals surface area contributed by atoms with Crippen LogP contribution in [0.4, 0.5) is 10.2 Å². The SMILES string of the molecule is Nc1csc2nc(-c3ccc(F)cc3)cn12. The van der Waals surface area contributed by atoms with E-state index in [2.05, 4.69) is 4.98 Å². The molecule has 0 atom stereocenters. The standard InChI is InChI=1S/C11H8FN3S/c12-8-3-1-7(2-4-8)9-5-15-10(13)6-16-11(15)14-9/h1-6H,13H2. The Morgan fingerprint density at radius 2 is 2.00 bits per heavy atom. The van der Waals surface area contributed by atoms with Crippen molar-refractivity contribution < 1.29 is 4.39 Å². The van der Waals surface area contributed by atoms with Crippen LogP contribution in [0, 0.1) is 5.82 Å². The molecule has 0 bridgehead atoms. The molecule has 2 N–H and O–H groups in total. The van der Waals surface area contributed by atoms with E-state index in [0.717, 1.165) is 16.2 Å². The highest BCUT2D eigenvalue weighted by molar-refractivity contribution is 7.15. The Hall–Kier alpha value is -1.88. The molecule has 0 saturated heterocycles. The number of aromatic nitrogens is 2. The van der Waals surface area contributed by atoms with E-state index < -0.39 is 0 Å². The number of rotatable bonds is 1. The lowest BCUT2D eigenvalue weighted by molar-refractivity contribution is 0.628. The average molecular weight is 233 g/mol. The number of anilines is 1. The van der Waals surface area contributed by atoms with E-state index in [1.54, 1.807) is 12.1 Å². The van der Waals surface area contributed by atoms with Gasteiger partial charge in [0.05, 0.1) is 5.69 Å². The topological polar surface area (TPSA) is 43.3 Å². The van der Waals surface area contributed by atoms with Gasteiger partial charge in [-0.15, -0.1) is 11.3 Å². The van der Waals surface area contributed by atoms with Gasteiger partial charge in [0, 0.05) is 17.1 Å². The summed E-state index contributed by atoms with van der Waals surface area (Å²) in [6, 6.07) is 6.26. The number of fused-ring (bicyclic) bond motifs is 1. The van der Waals surface area contributed by atoms with Gasteiger partial charge < -0.3 is 5.73 Å². The normalized spacial score (nSPS) is 11.1. The van der Waals surface area contributed by atoms with Crippen LogP contribution in [0.2, 0.25) is 0 Å². The minimum absolute atomic E-state index is 0.246. The third-order valence-corrected chi connectivity index (χ3v) is 3.23. The molecule has 0 spiro atoms. The predicted molar refractivity (Wildman–Crippen MR) is 62.9 cm³/mol. The first-order valence-corrected chi connectivity index (χ1v) is 5.60. The van der Waals surface area contributed by atoms with Crippen molar-refractivity contribution in [3.8, 4) is 11.3 Å². The van der Waals surface area contributed by atoms with Crippen LogP contribution in [-0.2, 0) is 0 Å². The van der Waals surface area contributed by atoms with Gasteiger partial charge >= 0.3 is 0 Å². The van der Waals surface area contributed by atoms with Crippen LogP contribution in [0.5, 0.6) is 0 Å². The highest BCUT2D eigenvalue weighted by Gasteiger charge is 2.07. The zero-order chi connectivity index (χ0) is 11.1. The van der Waals surface area contributed by atoms with Crippen molar-refractivity contribution in [2.45, 2.75) is 0 Å². The molecule has 3 nitrogen and oxygen atoms in total. The molecule has 0 aliphatic rings. The van der Waals surface area contributed by atoms with Gasteiger partial charge in [-0.05, 0) is 24.3 Å². The summed E-state index contributed by atoms with van der Waals surface area (Å²) in [5.74, 6) is 0.421. The average Bonchev–Trinajstić information content (AvgIpc) is 2.83. The van der Waals surface area contributed by atoms with Gasteiger partial charge in [0.1, 0.15) is 11.6 Å². The minimum Gasteiger partial charge on any atom is -0.384 e. The Kier molecular flexibility index (Phi) is 1.94. The van der Waals surface area contributed by atoms with Crippen molar-refractivity contribution in [1.82, 2.24) is 9.38 Å². The van der Waals surface area contributed by atoms with Crippen LogP contribution in [0.15, 0.2) is 35.8 Å². The Labute approximate surface area is 95.0 Å². The number of nitrogens with two attached hydrogens (primary N) is 1. The van der Waals surface area contributed by atoms with Gasteiger partial charge in [-0.1, -0.05) is 0 Å². The van der Waals surface area contributed by atoms with Gasteiger partial charge in [0.2, 0.25) is 0 Å². The summed E-state index contributed by atoms with van der Waals surface area (Å²) in [5, 5.41) is 1.84. The Balaban J connectivity index is 2.15. The smallest absolute Gasteiger partial charge is 0.195 e. The number of imidazole rings is 1. The van der Waals surface area contributed by atoms with Crippen molar-refractivity contribution >= 4 is 22.1 Å². The summed E-state index contributed by atoms with van der Waals surface area (Å²) >= 11 is 1.49. The van der Waals surface area contributed by atoms with E-state index >= 15 is 0 Å². The largest absolute Gasteiger partial charge is 0.384 e. The Morgan fingerprint density at radius 3 is 2.69 bits per heavy atom. The maximum absolute atomic E-state index is 12.8. The monoisotopic (exact) mass is 233 g/mol. The fraction of sp³-hybridized carbons (Fsp3) is 0. The predicted octanol–water partition coefficient (Wildman–Crippen LogP) is 2.78. The van der Waals surface area contributed by atoms with Crippen molar-refractivity contribution in [3.05, 3.63) is 41.7 Å². The summed E-state index contributed by atoms with van der Waals surface area (Å²) in [6.07, 6.45) is 1.86. The van der Waals surface area contributed by atoms with Crippen LogP contribution in [0.3, 0.4) is 0 Å². The highest BCUT2D eigenvalue weighted by Crippen LogP contribution is 2.24.